The van der Waals surface area contributed by atoms with E-state index in [0.717, 1.165) is 0 Å². The Bertz CT molecular complexity index is 1150. The Labute approximate surface area is 176 Å². The monoisotopic (exact) mass is 430 g/mol. The predicted octanol–water partition coefficient (Wildman–Crippen LogP) is -0.154. The van der Waals surface area contributed by atoms with Crippen LogP contribution >= 0.6 is 0 Å². The van der Waals surface area contributed by atoms with Crippen molar-refractivity contribution >= 4 is 28.9 Å². The minimum absolute atomic E-state index is 0.0148. The highest BCUT2D eigenvalue weighted by Gasteiger charge is 2.64. The van der Waals surface area contributed by atoms with Gasteiger partial charge in [0.2, 0.25) is 5.78 Å². The number of aliphatic hydroxyl groups is 4. The number of phenols is 1. The summed E-state index contributed by atoms with van der Waals surface area (Å²) in [5, 5.41) is 54.3. The van der Waals surface area contributed by atoms with Crippen molar-refractivity contribution < 1.29 is 39.9 Å². The zero-order chi connectivity index (χ0) is 23.2. The molecule has 3 aliphatic carbocycles. The molecule has 1 aromatic rings. The highest BCUT2D eigenvalue weighted by molar-refractivity contribution is 6.23. The van der Waals surface area contributed by atoms with Crippen LogP contribution in [0, 0.1) is 18.8 Å². The summed E-state index contributed by atoms with van der Waals surface area (Å²) in [4.78, 5) is 37.4. The van der Waals surface area contributed by atoms with Gasteiger partial charge in [-0.2, -0.15) is 0 Å². The first-order valence-electron chi connectivity index (χ1n) is 9.62. The Morgan fingerprint density at radius 2 is 1.84 bits per heavy atom. The quantitative estimate of drug-likeness (QED) is 0.179. The van der Waals surface area contributed by atoms with Crippen LogP contribution in [-0.4, -0.2) is 54.7 Å². The molecule has 1 aromatic carbocycles. The number of anilines is 1. The van der Waals surface area contributed by atoms with Gasteiger partial charge in [-0.05, 0) is 24.0 Å². The van der Waals surface area contributed by atoms with Gasteiger partial charge >= 0.3 is 0 Å². The molecule has 0 spiro atoms. The van der Waals surface area contributed by atoms with Crippen LogP contribution in [0.2, 0.25) is 0 Å². The highest BCUT2D eigenvalue weighted by Crippen LogP contribution is 2.56. The number of phenolic OH excluding ortho intramolecular Hbond substituents is 1. The molecule has 164 valence electrons. The highest BCUT2D eigenvalue weighted by atomic mass is 16.4. The van der Waals surface area contributed by atoms with Crippen molar-refractivity contribution in [2.45, 2.75) is 37.9 Å². The van der Waals surface area contributed by atoms with E-state index >= 15 is 0 Å². The van der Waals surface area contributed by atoms with Crippen LogP contribution in [0.5, 0.6) is 5.75 Å². The lowest BCUT2D eigenvalue weighted by Crippen LogP contribution is -2.63. The molecule has 1 saturated carbocycles. The van der Waals surface area contributed by atoms with E-state index in [9.17, 15) is 39.9 Å². The molecular formula is C21H22N2O8. The van der Waals surface area contributed by atoms with Gasteiger partial charge in [-0.1, -0.05) is 13.0 Å². The third-order valence-corrected chi connectivity index (χ3v) is 6.87. The maximum atomic E-state index is 13.4. The van der Waals surface area contributed by atoms with Gasteiger partial charge in [0.15, 0.2) is 11.4 Å². The minimum Gasteiger partial charge on any atom is -0.508 e. The molecule has 10 nitrogen and oxygen atoms in total. The average molecular weight is 430 g/mol. The van der Waals surface area contributed by atoms with E-state index in [4.69, 9.17) is 11.5 Å². The molecule has 0 unspecified atom stereocenters. The number of amides is 1. The van der Waals surface area contributed by atoms with E-state index in [-0.39, 0.29) is 11.3 Å². The number of hydrogen-bond donors (Lipinski definition) is 7. The molecule has 9 N–H and O–H groups in total. The molecule has 3 aliphatic rings. The normalized spacial score (nSPS) is 32.5. The number of rotatable bonds is 1. The third-order valence-electron chi connectivity index (χ3n) is 6.87. The lowest BCUT2D eigenvalue weighted by molar-refractivity contribution is -0.160. The average Bonchev–Trinajstić information content (AvgIpc) is 2.69. The van der Waals surface area contributed by atoms with Gasteiger partial charge < -0.3 is 37.0 Å². The number of carbonyl (C=O) groups excluding carboxylic acids is 3. The van der Waals surface area contributed by atoms with Crippen LogP contribution in [0.3, 0.4) is 0 Å². The summed E-state index contributed by atoms with van der Waals surface area (Å²) in [5.41, 5.74) is 7.60. The molecule has 0 aliphatic heterocycles. The Balaban J connectivity index is 2.04. The number of aliphatic hydroxyl groups excluding tert-OH is 3. The fourth-order valence-electron chi connectivity index (χ4n) is 5.21. The summed E-state index contributed by atoms with van der Waals surface area (Å²) < 4.78 is 0. The lowest BCUT2D eigenvalue weighted by atomic mass is 9.55. The summed E-state index contributed by atoms with van der Waals surface area (Å²) in [6, 6.07) is 1.62. The van der Waals surface area contributed by atoms with Crippen molar-refractivity contribution in [1.82, 2.24) is 0 Å². The number of carbonyl (C=O) groups is 3. The molecule has 0 heterocycles. The van der Waals surface area contributed by atoms with E-state index in [1.807, 2.05) is 0 Å². The van der Waals surface area contributed by atoms with Gasteiger partial charge in [0, 0.05) is 23.8 Å². The van der Waals surface area contributed by atoms with E-state index in [1.54, 1.807) is 19.9 Å². The molecule has 31 heavy (non-hydrogen) atoms. The standard InChI is InChI=1S/C21H22N2O8/c1-5-3-7-6(2)10-13(16(26)11(7)17(27)14(5)22)19(29)21(31)8(15(10)25)4-9(24)12(18(21)28)20(23)30/h3,6,8,10,15,25-28,31H,4,22H2,1-2H3,(H2,23,30)/t6-,8+,10+,15+,21+/m0/s1. The van der Waals surface area contributed by atoms with Gasteiger partial charge in [-0.15, -0.1) is 0 Å². The Kier molecular flexibility index (Phi) is 4.25. The van der Waals surface area contributed by atoms with Crippen LogP contribution in [0.25, 0.3) is 5.76 Å². The Hall–Kier alpha value is -3.37. The summed E-state index contributed by atoms with van der Waals surface area (Å²) >= 11 is 0. The summed E-state index contributed by atoms with van der Waals surface area (Å²) in [5.74, 6) is -9.00. The van der Waals surface area contributed by atoms with E-state index in [2.05, 4.69) is 0 Å². The molecule has 1 fully saturated rings. The largest absolute Gasteiger partial charge is 0.508 e. The second-order valence-electron chi connectivity index (χ2n) is 8.40. The van der Waals surface area contributed by atoms with Gasteiger partial charge in [-0.25, -0.2) is 0 Å². The molecule has 4 rings (SSSR count). The molecule has 1 amide bonds. The third kappa shape index (κ3) is 2.37. The number of aryl methyl sites for hydroxylation is 1. The number of hydrogen-bond acceptors (Lipinski definition) is 9. The molecule has 0 bridgehead atoms. The fraction of sp³-hybridized carbons (Fsp3) is 0.381. The molecule has 0 saturated heterocycles. The van der Waals surface area contributed by atoms with Crippen LogP contribution in [0.4, 0.5) is 5.69 Å². The smallest absolute Gasteiger partial charge is 0.255 e. The first-order chi connectivity index (χ1) is 14.3. The van der Waals surface area contributed by atoms with Crippen molar-refractivity contribution in [1.29, 1.82) is 0 Å². The number of aromatic hydroxyl groups is 1. The van der Waals surface area contributed by atoms with Crippen LogP contribution < -0.4 is 11.5 Å². The van der Waals surface area contributed by atoms with Crippen LogP contribution in [-0.2, 0) is 14.4 Å². The summed E-state index contributed by atoms with van der Waals surface area (Å²) in [7, 11) is 0. The summed E-state index contributed by atoms with van der Waals surface area (Å²) in [6.07, 6.45) is -2.16. The zero-order valence-electron chi connectivity index (χ0n) is 16.7. The van der Waals surface area contributed by atoms with Crippen LogP contribution in [0.1, 0.15) is 36.0 Å². The Morgan fingerprint density at radius 1 is 1.23 bits per heavy atom. The van der Waals surface area contributed by atoms with Gasteiger partial charge in [0.1, 0.15) is 22.8 Å². The molecule has 10 heteroatoms. The number of ketones is 2. The van der Waals surface area contributed by atoms with Gasteiger partial charge in [0.25, 0.3) is 5.91 Å². The SMILES string of the molecule is Cc1cc2c(c(O)c1N)C(O)=C1C(=O)[C@]3(O)C(O)=C(C(N)=O)C(=O)C[C@@H]3[C@@H](O)[C@@H]1[C@H]2C. The first-order valence-corrected chi connectivity index (χ1v) is 9.62. The molecule has 5 atom stereocenters. The van der Waals surface area contributed by atoms with Crippen molar-refractivity contribution in [3.05, 3.63) is 39.7 Å². The number of primary amides is 1. The maximum absolute atomic E-state index is 13.4. The lowest BCUT2D eigenvalue weighted by Gasteiger charge is -2.50. The van der Waals surface area contributed by atoms with Crippen LogP contribution in [0.15, 0.2) is 23.0 Å². The fourth-order valence-corrected chi connectivity index (χ4v) is 5.21. The van der Waals surface area contributed by atoms with E-state index in [0.29, 0.717) is 11.1 Å². The maximum Gasteiger partial charge on any atom is 0.255 e. The minimum atomic E-state index is -2.85. The number of nitrogen functional groups attached to an aromatic ring is 1. The van der Waals surface area contributed by atoms with Crippen molar-refractivity contribution in [3.63, 3.8) is 0 Å². The van der Waals surface area contributed by atoms with Gasteiger partial charge in [-0.3, -0.25) is 14.4 Å². The molecular weight excluding hydrogens is 408 g/mol. The van der Waals surface area contributed by atoms with Gasteiger partial charge in [0.05, 0.1) is 17.4 Å². The van der Waals surface area contributed by atoms with E-state index < -0.39 is 81.8 Å². The van der Waals surface area contributed by atoms with E-state index in [1.165, 1.54) is 0 Å². The first kappa shape index (κ1) is 20.9. The number of nitrogens with two attached hydrogens (primary N) is 2. The number of benzene rings is 1. The second-order valence-corrected chi connectivity index (χ2v) is 8.40. The Morgan fingerprint density at radius 3 is 2.42 bits per heavy atom. The molecule has 0 aromatic heterocycles. The molecule has 0 radical (unpaired) electrons. The topological polar surface area (TPSA) is 204 Å². The van der Waals surface area contributed by atoms with Crippen molar-refractivity contribution in [2.75, 3.05) is 5.73 Å². The predicted molar refractivity (Wildman–Crippen MR) is 107 cm³/mol. The number of fused-ring (bicyclic) bond motifs is 3. The zero-order valence-corrected chi connectivity index (χ0v) is 16.7. The summed E-state index contributed by atoms with van der Waals surface area (Å²) in [6.45, 7) is 3.30. The van der Waals surface area contributed by atoms with Crippen molar-refractivity contribution in [3.8, 4) is 5.75 Å². The van der Waals surface area contributed by atoms with Crippen molar-refractivity contribution in [2.24, 2.45) is 17.6 Å². The number of Topliss-reactive ketones (excluding diaryl/α,β-unsaturated/α-hetero) is 2. The second kappa shape index (κ2) is 6.32.